The summed E-state index contributed by atoms with van der Waals surface area (Å²) >= 11 is 14.4. The molecule has 0 aliphatic carbocycles. The highest BCUT2D eigenvalue weighted by atomic mass is 79.9. The topological polar surface area (TPSA) is 9.23 Å². The summed E-state index contributed by atoms with van der Waals surface area (Å²) in [5, 5.41) is 0. The Kier molecular flexibility index (Phi) is 6.36. The van der Waals surface area contributed by atoms with E-state index < -0.39 is 0 Å². The number of halogens is 4. The first kappa shape index (κ1) is 17.5. The number of benzene rings is 2. The van der Waals surface area contributed by atoms with Crippen LogP contribution in [0.4, 0.5) is 0 Å². The maximum atomic E-state index is 6.10. The Bertz CT molecular complexity index is 610. The number of rotatable bonds is 4. The Labute approximate surface area is 159 Å². The minimum atomic E-state index is 0.820. The van der Waals surface area contributed by atoms with E-state index in [4.69, 9.17) is 4.74 Å². The van der Waals surface area contributed by atoms with Crippen LogP contribution in [-0.2, 0) is 12.8 Å². The molecule has 2 rings (SSSR count). The van der Waals surface area contributed by atoms with Crippen molar-refractivity contribution in [2.24, 2.45) is 0 Å². The summed E-state index contributed by atoms with van der Waals surface area (Å²) in [6, 6.07) is 7.97. The molecule has 112 valence electrons. The van der Waals surface area contributed by atoms with Gasteiger partial charge in [-0.25, -0.2) is 0 Å². The van der Waals surface area contributed by atoms with Gasteiger partial charge in [-0.05, 0) is 80.1 Å². The second-order valence-electron chi connectivity index (χ2n) is 4.49. The van der Waals surface area contributed by atoms with Crippen LogP contribution in [0.1, 0.15) is 25.0 Å². The van der Waals surface area contributed by atoms with Gasteiger partial charge in [0.15, 0.2) is 0 Å². The van der Waals surface area contributed by atoms with Crippen molar-refractivity contribution < 1.29 is 4.74 Å². The molecule has 0 N–H and O–H groups in total. The van der Waals surface area contributed by atoms with Gasteiger partial charge in [-0.15, -0.1) is 0 Å². The first-order valence-corrected chi connectivity index (χ1v) is 9.78. The highest BCUT2D eigenvalue weighted by Gasteiger charge is 2.14. The second kappa shape index (κ2) is 7.62. The summed E-state index contributed by atoms with van der Waals surface area (Å²) in [7, 11) is 0. The molecule has 0 amide bonds. The van der Waals surface area contributed by atoms with Gasteiger partial charge in [0.05, 0.1) is 8.95 Å². The normalized spacial score (nSPS) is 10.8. The molecule has 0 aromatic heterocycles. The molecule has 0 radical (unpaired) electrons. The summed E-state index contributed by atoms with van der Waals surface area (Å²) in [5.74, 6) is 1.64. The van der Waals surface area contributed by atoms with E-state index in [9.17, 15) is 0 Å². The van der Waals surface area contributed by atoms with Gasteiger partial charge in [-0.2, -0.15) is 0 Å². The van der Waals surface area contributed by atoms with Crippen LogP contribution in [0.5, 0.6) is 11.5 Å². The molecular weight excluding hydrogens is 528 g/mol. The minimum absolute atomic E-state index is 0.820. The molecule has 0 aliphatic heterocycles. The summed E-state index contributed by atoms with van der Waals surface area (Å²) in [6.45, 7) is 4.25. The van der Waals surface area contributed by atoms with Crippen molar-refractivity contribution in [1.82, 2.24) is 0 Å². The van der Waals surface area contributed by atoms with Crippen molar-refractivity contribution in [2.75, 3.05) is 0 Å². The van der Waals surface area contributed by atoms with Gasteiger partial charge in [0.25, 0.3) is 0 Å². The SMILES string of the molecule is CCc1c(Br)ccc(Oc2ccc(Br)c(CC)c2Br)c1Br. The van der Waals surface area contributed by atoms with Crippen molar-refractivity contribution in [3.8, 4) is 11.5 Å². The summed E-state index contributed by atoms with van der Waals surface area (Å²) in [5.41, 5.74) is 2.41. The van der Waals surface area contributed by atoms with Crippen LogP contribution in [-0.4, -0.2) is 0 Å². The van der Waals surface area contributed by atoms with Crippen LogP contribution < -0.4 is 4.74 Å². The van der Waals surface area contributed by atoms with E-state index in [-0.39, 0.29) is 0 Å². The molecule has 0 bridgehead atoms. The van der Waals surface area contributed by atoms with Gasteiger partial charge >= 0.3 is 0 Å². The van der Waals surface area contributed by atoms with Gasteiger partial charge < -0.3 is 4.74 Å². The number of hydrogen-bond donors (Lipinski definition) is 0. The molecule has 0 unspecified atom stereocenters. The first-order valence-electron chi connectivity index (χ1n) is 6.61. The molecule has 2 aromatic carbocycles. The third kappa shape index (κ3) is 3.74. The Morgan fingerprint density at radius 1 is 0.714 bits per heavy atom. The average Bonchev–Trinajstić information content (AvgIpc) is 2.45. The van der Waals surface area contributed by atoms with Crippen molar-refractivity contribution >= 4 is 63.7 Å². The number of hydrogen-bond acceptors (Lipinski definition) is 1. The molecule has 0 aliphatic rings. The fourth-order valence-electron chi connectivity index (χ4n) is 2.08. The van der Waals surface area contributed by atoms with Crippen LogP contribution in [0.2, 0.25) is 0 Å². The Balaban J connectivity index is 2.44. The standard InChI is InChI=1S/C16H14Br4O/c1-3-9-11(17)5-7-13(15(9)19)21-14-8-6-12(18)10(4-2)16(14)20/h5-8H,3-4H2,1-2H3. The third-order valence-corrected chi connectivity index (χ3v) is 6.45. The monoisotopic (exact) mass is 538 g/mol. The molecule has 0 saturated carbocycles. The molecule has 0 atom stereocenters. The lowest BCUT2D eigenvalue weighted by atomic mass is 10.1. The summed E-state index contributed by atoms with van der Waals surface area (Å²) < 4.78 is 10.3. The zero-order valence-corrected chi connectivity index (χ0v) is 18.0. The maximum Gasteiger partial charge on any atom is 0.142 e. The molecule has 0 heterocycles. The van der Waals surface area contributed by atoms with Crippen molar-refractivity contribution in [3.05, 3.63) is 53.3 Å². The fraction of sp³-hybridized carbons (Fsp3) is 0.250. The first-order chi connectivity index (χ1) is 9.99. The van der Waals surface area contributed by atoms with Gasteiger partial charge in [-0.3, -0.25) is 0 Å². The van der Waals surface area contributed by atoms with Gasteiger partial charge in [0, 0.05) is 8.95 Å². The van der Waals surface area contributed by atoms with Crippen LogP contribution in [0.3, 0.4) is 0 Å². The van der Waals surface area contributed by atoms with E-state index in [1.165, 1.54) is 11.1 Å². The highest BCUT2D eigenvalue weighted by Crippen LogP contribution is 2.41. The maximum absolute atomic E-state index is 6.10. The lowest BCUT2D eigenvalue weighted by Crippen LogP contribution is -1.94. The van der Waals surface area contributed by atoms with Crippen LogP contribution in [0, 0.1) is 0 Å². The van der Waals surface area contributed by atoms with Crippen molar-refractivity contribution in [1.29, 1.82) is 0 Å². The molecule has 1 nitrogen and oxygen atoms in total. The highest BCUT2D eigenvalue weighted by molar-refractivity contribution is 9.11. The van der Waals surface area contributed by atoms with E-state index in [1.807, 2.05) is 24.3 Å². The Morgan fingerprint density at radius 3 is 1.43 bits per heavy atom. The smallest absolute Gasteiger partial charge is 0.142 e. The zero-order chi connectivity index (χ0) is 15.6. The molecular formula is C16H14Br4O. The molecule has 5 heteroatoms. The lowest BCUT2D eigenvalue weighted by Gasteiger charge is -2.15. The third-order valence-electron chi connectivity index (χ3n) is 3.23. The van der Waals surface area contributed by atoms with E-state index in [0.29, 0.717) is 0 Å². The lowest BCUT2D eigenvalue weighted by molar-refractivity contribution is 0.474. The van der Waals surface area contributed by atoms with E-state index in [0.717, 1.165) is 42.2 Å². The van der Waals surface area contributed by atoms with Crippen molar-refractivity contribution in [2.45, 2.75) is 26.7 Å². The van der Waals surface area contributed by atoms with Crippen LogP contribution in [0.25, 0.3) is 0 Å². The van der Waals surface area contributed by atoms with Crippen LogP contribution in [0.15, 0.2) is 42.2 Å². The number of ether oxygens (including phenoxy) is 1. The molecule has 21 heavy (non-hydrogen) atoms. The zero-order valence-electron chi connectivity index (χ0n) is 11.6. The summed E-state index contributed by atoms with van der Waals surface area (Å²) in [4.78, 5) is 0. The van der Waals surface area contributed by atoms with E-state index >= 15 is 0 Å². The van der Waals surface area contributed by atoms with Gasteiger partial charge in [0.1, 0.15) is 11.5 Å². The van der Waals surface area contributed by atoms with Crippen LogP contribution >= 0.6 is 63.7 Å². The fourth-order valence-corrected chi connectivity index (χ4v) is 5.24. The predicted molar refractivity (Wildman–Crippen MR) is 103 cm³/mol. The van der Waals surface area contributed by atoms with E-state index in [2.05, 4.69) is 77.6 Å². The molecule has 2 aromatic rings. The van der Waals surface area contributed by atoms with Gasteiger partial charge in [0.2, 0.25) is 0 Å². The Hall–Kier alpha value is 0.160. The Morgan fingerprint density at radius 2 is 1.10 bits per heavy atom. The predicted octanol–water partition coefficient (Wildman–Crippen LogP) is 7.65. The molecule has 0 saturated heterocycles. The largest absolute Gasteiger partial charge is 0.455 e. The van der Waals surface area contributed by atoms with Crippen molar-refractivity contribution in [3.63, 3.8) is 0 Å². The quantitative estimate of drug-likeness (QED) is 0.386. The average molecular weight is 542 g/mol. The van der Waals surface area contributed by atoms with E-state index in [1.54, 1.807) is 0 Å². The summed E-state index contributed by atoms with van der Waals surface area (Å²) in [6.07, 6.45) is 1.86. The minimum Gasteiger partial charge on any atom is -0.455 e. The molecule has 0 spiro atoms. The second-order valence-corrected chi connectivity index (χ2v) is 7.78. The molecule has 0 fully saturated rings. The van der Waals surface area contributed by atoms with Gasteiger partial charge in [-0.1, -0.05) is 45.7 Å².